The largest absolute Gasteiger partial charge is 0.437 e. The molecule has 2 aromatic carbocycles. The van der Waals surface area contributed by atoms with E-state index in [9.17, 15) is 18.5 Å². The van der Waals surface area contributed by atoms with Crippen LogP contribution in [0.1, 0.15) is 13.8 Å². The maximum atomic E-state index is 12.7. The molecule has 11 heteroatoms. The van der Waals surface area contributed by atoms with Crippen LogP contribution in [0.2, 0.25) is 0 Å². The molecule has 3 rings (SSSR count). The SMILES string of the molecule is CCN(CC)S(=O)(=O)c1ccc(Nc2cccc(Oc3cnccn3)c2)c([N+](=O)[O-])c1. The Bertz CT molecular complexity index is 1170. The van der Waals surface area contributed by atoms with Gasteiger partial charge in [0.2, 0.25) is 15.9 Å². The fourth-order valence-corrected chi connectivity index (χ4v) is 4.37. The summed E-state index contributed by atoms with van der Waals surface area (Å²) in [6, 6.07) is 10.5. The van der Waals surface area contributed by atoms with Crippen molar-refractivity contribution in [3.05, 3.63) is 71.2 Å². The number of sulfonamides is 1. The number of hydrogen-bond acceptors (Lipinski definition) is 8. The molecule has 0 fully saturated rings. The highest BCUT2D eigenvalue weighted by Gasteiger charge is 2.25. The van der Waals surface area contributed by atoms with Gasteiger partial charge in [0.15, 0.2) is 0 Å². The number of nitro groups is 1. The fourth-order valence-electron chi connectivity index (χ4n) is 2.89. The van der Waals surface area contributed by atoms with Crippen LogP contribution in [-0.2, 0) is 10.0 Å². The van der Waals surface area contributed by atoms with Crippen LogP contribution in [-0.4, -0.2) is 40.7 Å². The Kier molecular flexibility index (Phi) is 6.78. The number of nitrogens with zero attached hydrogens (tertiary/aromatic N) is 4. The van der Waals surface area contributed by atoms with Crippen LogP contribution in [0.5, 0.6) is 11.6 Å². The lowest BCUT2D eigenvalue weighted by atomic mass is 10.2. The highest BCUT2D eigenvalue weighted by molar-refractivity contribution is 7.89. The molecule has 0 aliphatic carbocycles. The molecule has 0 aliphatic heterocycles. The molecule has 1 aromatic heterocycles. The first-order valence-electron chi connectivity index (χ1n) is 9.44. The molecule has 0 amide bonds. The van der Waals surface area contributed by atoms with Crippen molar-refractivity contribution < 1.29 is 18.1 Å². The summed E-state index contributed by atoms with van der Waals surface area (Å²) in [5.74, 6) is 0.755. The molecule has 0 atom stereocenters. The first-order chi connectivity index (χ1) is 14.8. The summed E-state index contributed by atoms with van der Waals surface area (Å²) in [5.41, 5.74) is 0.317. The number of benzene rings is 2. The molecule has 10 nitrogen and oxygen atoms in total. The van der Waals surface area contributed by atoms with Gasteiger partial charge in [-0.15, -0.1) is 0 Å². The summed E-state index contributed by atoms with van der Waals surface area (Å²) >= 11 is 0. The minimum atomic E-state index is -3.82. The monoisotopic (exact) mass is 443 g/mol. The predicted octanol–water partition coefficient (Wildman–Crippen LogP) is 3.95. The molecule has 162 valence electrons. The summed E-state index contributed by atoms with van der Waals surface area (Å²) in [5, 5.41) is 14.6. The van der Waals surface area contributed by atoms with E-state index in [1.54, 1.807) is 38.1 Å². The second-order valence-electron chi connectivity index (χ2n) is 6.32. The van der Waals surface area contributed by atoms with Crippen molar-refractivity contribution >= 4 is 27.1 Å². The third-order valence-electron chi connectivity index (χ3n) is 4.38. The Hall–Kier alpha value is -3.57. The number of anilines is 2. The molecular formula is C20H21N5O5S. The number of nitrogens with one attached hydrogen (secondary N) is 1. The maximum absolute atomic E-state index is 12.7. The van der Waals surface area contributed by atoms with E-state index in [2.05, 4.69) is 15.3 Å². The molecule has 31 heavy (non-hydrogen) atoms. The van der Waals surface area contributed by atoms with E-state index in [4.69, 9.17) is 4.74 Å². The van der Waals surface area contributed by atoms with Crippen LogP contribution < -0.4 is 10.1 Å². The number of ether oxygens (including phenoxy) is 1. The molecule has 1 heterocycles. The van der Waals surface area contributed by atoms with Crippen molar-refractivity contribution in [2.24, 2.45) is 0 Å². The van der Waals surface area contributed by atoms with Crippen LogP contribution >= 0.6 is 0 Å². The van der Waals surface area contributed by atoms with E-state index >= 15 is 0 Å². The normalized spacial score (nSPS) is 11.3. The fraction of sp³-hybridized carbons (Fsp3) is 0.200. The highest BCUT2D eigenvalue weighted by atomic mass is 32.2. The quantitative estimate of drug-likeness (QED) is 0.389. The molecule has 0 saturated carbocycles. The summed E-state index contributed by atoms with van der Waals surface area (Å²) in [7, 11) is -3.82. The third kappa shape index (κ3) is 5.13. The lowest BCUT2D eigenvalue weighted by Gasteiger charge is -2.18. The van der Waals surface area contributed by atoms with E-state index in [1.165, 1.54) is 35.0 Å². The zero-order valence-corrected chi connectivity index (χ0v) is 17.7. The van der Waals surface area contributed by atoms with Crippen LogP contribution in [0.4, 0.5) is 17.1 Å². The van der Waals surface area contributed by atoms with E-state index in [1.807, 2.05) is 0 Å². The average molecular weight is 443 g/mol. The Balaban J connectivity index is 1.90. The molecule has 0 unspecified atom stereocenters. The van der Waals surface area contributed by atoms with Gasteiger partial charge in [-0.3, -0.25) is 15.1 Å². The van der Waals surface area contributed by atoms with E-state index in [0.29, 0.717) is 17.3 Å². The van der Waals surface area contributed by atoms with Gasteiger partial charge in [-0.05, 0) is 24.3 Å². The van der Waals surface area contributed by atoms with Crippen molar-refractivity contribution in [2.45, 2.75) is 18.7 Å². The van der Waals surface area contributed by atoms with Crippen LogP contribution in [0.3, 0.4) is 0 Å². The zero-order valence-electron chi connectivity index (χ0n) is 16.9. The summed E-state index contributed by atoms with van der Waals surface area (Å²) < 4.78 is 32.3. The van der Waals surface area contributed by atoms with Crippen molar-refractivity contribution in [1.82, 2.24) is 14.3 Å². The Morgan fingerprint density at radius 2 is 1.90 bits per heavy atom. The van der Waals surface area contributed by atoms with Crippen LogP contribution in [0, 0.1) is 10.1 Å². The van der Waals surface area contributed by atoms with E-state index in [0.717, 1.165) is 6.07 Å². The molecule has 0 spiro atoms. The Morgan fingerprint density at radius 3 is 2.55 bits per heavy atom. The average Bonchev–Trinajstić information content (AvgIpc) is 2.75. The molecule has 1 N–H and O–H groups in total. The Morgan fingerprint density at radius 1 is 1.13 bits per heavy atom. The maximum Gasteiger partial charge on any atom is 0.294 e. The first kappa shape index (κ1) is 22.1. The topological polar surface area (TPSA) is 128 Å². The number of nitro benzene ring substituents is 1. The first-order valence-corrected chi connectivity index (χ1v) is 10.9. The third-order valence-corrected chi connectivity index (χ3v) is 6.43. The highest BCUT2D eigenvalue weighted by Crippen LogP contribution is 2.32. The number of hydrogen-bond donors (Lipinski definition) is 1. The Labute approximate surface area is 179 Å². The standard InChI is InChI=1S/C20H21N5O5S/c1-3-24(4-2)31(28,29)17-8-9-18(19(13-17)25(26)27)23-15-6-5-7-16(12-15)30-20-14-21-10-11-22-20/h5-14,23H,3-4H2,1-2H3. The van der Waals surface area contributed by atoms with Gasteiger partial charge in [0.1, 0.15) is 11.4 Å². The minimum Gasteiger partial charge on any atom is -0.437 e. The van der Waals surface area contributed by atoms with E-state index in [-0.39, 0.29) is 29.4 Å². The summed E-state index contributed by atoms with van der Waals surface area (Å²) in [6.07, 6.45) is 4.47. The summed E-state index contributed by atoms with van der Waals surface area (Å²) in [4.78, 5) is 18.8. The number of rotatable bonds is 9. The van der Waals surface area contributed by atoms with Crippen molar-refractivity contribution in [1.29, 1.82) is 0 Å². The molecular weight excluding hydrogens is 422 g/mol. The zero-order chi connectivity index (χ0) is 22.4. The van der Waals surface area contributed by atoms with Crippen LogP contribution in [0.15, 0.2) is 66.0 Å². The second-order valence-corrected chi connectivity index (χ2v) is 8.26. The lowest BCUT2D eigenvalue weighted by molar-refractivity contribution is -0.384. The smallest absolute Gasteiger partial charge is 0.294 e. The van der Waals surface area contributed by atoms with Gasteiger partial charge < -0.3 is 10.1 Å². The molecule has 0 aliphatic rings. The van der Waals surface area contributed by atoms with Gasteiger partial charge in [-0.1, -0.05) is 19.9 Å². The molecule has 0 saturated heterocycles. The molecule has 0 radical (unpaired) electrons. The van der Waals surface area contributed by atoms with Crippen LogP contribution in [0.25, 0.3) is 0 Å². The van der Waals surface area contributed by atoms with Gasteiger partial charge in [-0.2, -0.15) is 4.31 Å². The van der Waals surface area contributed by atoms with Gasteiger partial charge in [0.05, 0.1) is 16.0 Å². The van der Waals surface area contributed by atoms with Crippen molar-refractivity contribution in [3.8, 4) is 11.6 Å². The second kappa shape index (κ2) is 9.49. The minimum absolute atomic E-state index is 0.131. The van der Waals surface area contributed by atoms with Gasteiger partial charge in [0.25, 0.3) is 5.69 Å². The van der Waals surface area contributed by atoms with Crippen molar-refractivity contribution in [3.63, 3.8) is 0 Å². The van der Waals surface area contributed by atoms with E-state index < -0.39 is 14.9 Å². The predicted molar refractivity (Wildman–Crippen MR) is 115 cm³/mol. The lowest BCUT2D eigenvalue weighted by Crippen LogP contribution is -2.30. The van der Waals surface area contributed by atoms with Crippen molar-refractivity contribution in [2.75, 3.05) is 18.4 Å². The molecule has 0 bridgehead atoms. The van der Waals surface area contributed by atoms with Gasteiger partial charge in [0, 0.05) is 43.3 Å². The van der Waals surface area contributed by atoms with Gasteiger partial charge in [-0.25, -0.2) is 13.4 Å². The summed E-state index contributed by atoms with van der Waals surface area (Å²) in [6.45, 7) is 3.96. The number of aromatic nitrogens is 2. The van der Waals surface area contributed by atoms with Gasteiger partial charge >= 0.3 is 0 Å². The molecule has 3 aromatic rings.